The second-order valence-corrected chi connectivity index (χ2v) is 11.8. The summed E-state index contributed by atoms with van der Waals surface area (Å²) >= 11 is -1.80. The molecule has 2 rings (SSSR count). The topological polar surface area (TPSA) is 0 Å². The molecule has 0 bridgehead atoms. The molecule has 0 atom stereocenters. The van der Waals surface area contributed by atoms with Crippen LogP contribution in [0.5, 0.6) is 0 Å². The minimum absolute atomic E-state index is 1.19. The first-order valence-corrected chi connectivity index (χ1v) is 11.3. The van der Waals surface area contributed by atoms with Crippen molar-refractivity contribution in [3.8, 4) is 0 Å². The molecule has 14 heavy (non-hydrogen) atoms. The summed E-state index contributed by atoms with van der Waals surface area (Å²) in [7, 11) is 0. The molecule has 0 fully saturated rings. The SMILES string of the molecule is [CH2]=[Hf]([C]1=C(C)C=CC1)[C]1=C(C)C=CC1. The van der Waals surface area contributed by atoms with Crippen molar-refractivity contribution in [1.29, 1.82) is 0 Å². The molecule has 72 valence electrons. The molecule has 0 unspecified atom stereocenters. The molecule has 0 radical (unpaired) electrons. The van der Waals surface area contributed by atoms with Crippen LogP contribution in [0.3, 0.4) is 0 Å². The molecule has 0 aromatic carbocycles. The van der Waals surface area contributed by atoms with Gasteiger partial charge in [-0.05, 0) is 0 Å². The number of rotatable bonds is 2. The zero-order chi connectivity index (χ0) is 10.1. The number of hydrogen-bond acceptors (Lipinski definition) is 0. The molecule has 2 aliphatic carbocycles. The van der Waals surface area contributed by atoms with Crippen LogP contribution in [0.4, 0.5) is 0 Å². The Balaban J connectivity index is 2.27. The van der Waals surface area contributed by atoms with E-state index in [1.165, 1.54) is 24.0 Å². The summed E-state index contributed by atoms with van der Waals surface area (Å²) < 4.78 is 7.95. The average molecular weight is 351 g/mol. The molecule has 0 N–H and O–H groups in total. The Hall–Kier alpha value is -0.300. The second-order valence-electron chi connectivity index (χ2n) is 4.01. The van der Waals surface area contributed by atoms with Gasteiger partial charge in [0.2, 0.25) is 0 Å². The molecule has 0 amide bonds. The Bertz CT molecular complexity index is 365. The third-order valence-corrected chi connectivity index (χ3v) is 12.6. The molecule has 0 saturated heterocycles. The molecular weight excluding hydrogens is 335 g/mol. The Kier molecular flexibility index (Phi) is 2.96. The predicted octanol–water partition coefficient (Wildman–Crippen LogP) is 3.50. The van der Waals surface area contributed by atoms with Crippen molar-refractivity contribution < 1.29 is 21.0 Å². The van der Waals surface area contributed by atoms with E-state index in [9.17, 15) is 0 Å². The Morgan fingerprint density at radius 1 is 1.00 bits per heavy atom. The van der Waals surface area contributed by atoms with E-state index in [2.05, 4.69) is 42.4 Å². The van der Waals surface area contributed by atoms with Gasteiger partial charge in [0.05, 0.1) is 0 Å². The van der Waals surface area contributed by atoms with Gasteiger partial charge in [-0.15, -0.1) is 0 Å². The van der Waals surface area contributed by atoms with Crippen molar-refractivity contribution in [2.24, 2.45) is 0 Å². The molecule has 0 nitrogen and oxygen atoms in total. The molecule has 0 heterocycles. The third-order valence-electron chi connectivity index (χ3n) is 3.06. The normalized spacial score (nSPS) is 20.1. The summed E-state index contributed by atoms with van der Waals surface area (Å²) in [5, 5.41) is 0. The van der Waals surface area contributed by atoms with Gasteiger partial charge in [-0.2, -0.15) is 0 Å². The van der Waals surface area contributed by atoms with Crippen LogP contribution in [0.25, 0.3) is 0 Å². The molecule has 0 aromatic rings. The Morgan fingerprint density at radius 2 is 1.43 bits per heavy atom. The molecule has 0 aromatic heterocycles. The summed E-state index contributed by atoms with van der Waals surface area (Å²) in [6.45, 7) is 4.49. The van der Waals surface area contributed by atoms with Gasteiger partial charge in [-0.25, -0.2) is 0 Å². The van der Waals surface area contributed by atoms with Gasteiger partial charge >= 0.3 is 94.0 Å². The number of allylic oxidation sites excluding steroid dienone is 8. The van der Waals surface area contributed by atoms with Crippen LogP contribution in [-0.2, 0) is 21.0 Å². The van der Waals surface area contributed by atoms with Crippen LogP contribution in [-0.4, -0.2) is 4.26 Å². The quantitative estimate of drug-likeness (QED) is 0.669. The maximum atomic E-state index is 4.52. The summed E-state index contributed by atoms with van der Waals surface area (Å²) in [4.78, 5) is 0. The van der Waals surface area contributed by atoms with Gasteiger partial charge in [0, 0.05) is 0 Å². The van der Waals surface area contributed by atoms with Crippen molar-refractivity contribution in [3.05, 3.63) is 42.1 Å². The Morgan fingerprint density at radius 3 is 1.71 bits per heavy atom. The second kappa shape index (κ2) is 4.06. The van der Waals surface area contributed by atoms with Crippen molar-refractivity contribution in [3.63, 3.8) is 0 Å². The first-order valence-electron chi connectivity index (χ1n) is 5.12. The molecule has 0 aliphatic heterocycles. The first-order chi connectivity index (χ1) is 6.70. The zero-order valence-electron chi connectivity index (χ0n) is 8.93. The maximum absolute atomic E-state index is 4.52. The standard InChI is InChI=1S/2C6H7.CH2.Hf/c2*1-6-4-2-3-5-6;;/h2*2,4H,3H2,1H3;1H2;. The van der Waals surface area contributed by atoms with E-state index < -0.39 is 21.0 Å². The van der Waals surface area contributed by atoms with Gasteiger partial charge in [0.15, 0.2) is 0 Å². The third kappa shape index (κ3) is 1.75. The van der Waals surface area contributed by atoms with Gasteiger partial charge in [-0.3, -0.25) is 0 Å². The van der Waals surface area contributed by atoms with Gasteiger partial charge in [-0.1, -0.05) is 0 Å². The first kappa shape index (κ1) is 10.2. The van der Waals surface area contributed by atoms with E-state index in [-0.39, 0.29) is 0 Å². The van der Waals surface area contributed by atoms with Crippen molar-refractivity contribution in [1.82, 2.24) is 0 Å². The van der Waals surface area contributed by atoms with E-state index in [0.29, 0.717) is 0 Å². The van der Waals surface area contributed by atoms with Gasteiger partial charge < -0.3 is 0 Å². The van der Waals surface area contributed by atoms with Crippen LogP contribution in [0.15, 0.2) is 42.1 Å². The molecule has 0 spiro atoms. The van der Waals surface area contributed by atoms with Crippen LogP contribution in [0, 0.1) is 0 Å². The van der Waals surface area contributed by atoms with E-state index in [4.69, 9.17) is 0 Å². The van der Waals surface area contributed by atoms with E-state index in [1.807, 2.05) is 0 Å². The fraction of sp³-hybridized carbons (Fsp3) is 0.308. The zero-order valence-corrected chi connectivity index (χ0v) is 12.5. The fourth-order valence-corrected chi connectivity index (χ4v) is 10.1. The van der Waals surface area contributed by atoms with E-state index in [1.54, 1.807) is 6.66 Å². The number of hydrogen-bond donors (Lipinski definition) is 0. The Labute approximate surface area is 93.7 Å². The molecular formula is C13H16Hf. The van der Waals surface area contributed by atoms with Gasteiger partial charge in [0.25, 0.3) is 0 Å². The molecule has 2 aliphatic rings. The minimum atomic E-state index is -1.80. The van der Waals surface area contributed by atoms with Gasteiger partial charge in [0.1, 0.15) is 0 Å². The predicted molar refractivity (Wildman–Crippen MR) is 60.0 cm³/mol. The molecule has 0 saturated carbocycles. The monoisotopic (exact) mass is 352 g/mol. The van der Waals surface area contributed by atoms with E-state index in [0.717, 1.165) is 0 Å². The summed E-state index contributed by atoms with van der Waals surface area (Å²) in [6, 6.07) is 0. The van der Waals surface area contributed by atoms with Crippen molar-refractivity contribution >= 4 is 4.26 Å². The molecule has 1 heteroatoms. The average Bonchev–Trinajstić information content (AvgIpc) is 2.73. The van der Waals surface area contributed by atoms with Crippen LogP contribution in [0.1, 0.15) is 26.7 Å². The summed E-state index contributed by atoms with van der Waals surface area (Å²) in [5.74, 6) is 0. The fourth-order valence-electron chi connectivity index (χ4n) is 2.13. The summed E-state index contributed by atoms with van der Waals surface area (Å²) in [5.41, 5.74) is 3.02. The van der Waals surface area contributed by atoms with Crippen LogP contribution in [0.2, 0.25) is 0 Å². The van der Waals surface area contributed by atoms with Crippen LogP contribution >= 0.6 is 0 Å². The van der Waals surface area contributed by atoms with Crippen LogP contribution < -0.4 is 0 Å². The summed E-state index contributed by atoms with van der Waals surface area (Å²) in [6.07, 6.45) is 11.5. The van der Waals surface area contributed by atoms with E-state index >= 15 is 0 Å². The van der Waals surface area contributed by atoms with Crippen molar-refractivity contribution in [2.45, 2.75) is 26.7 Å². The van der Waals surface area contributed by atoms with Crippen molar-refractivity contribution in [2.75, 3.05) is 0 Å².